The molecule has 2 N–H and O–H groups in total. The van der Waals surface area contributed by atoms with Gasteiger partial charge in [-0.05, 0) is 13.3 Å². The van der Waals surface area contributed by atoms with Gasteiger partial charge in [0.1, 0.15) is 0 Å². The Morgan fingerprint density at radius 2 is 2.21 bits per heavy atom. The Kier molecular flexibility index (Phi) is 3.53. The Balaban J connectivity index is 2.56. The van der Waals surface area contributed by atoms with Gasteiger partial charge < -0.3 is 10.6 Å². The van der Waals surface area contributed by atoms with Crippen LogP contribution >= 0.6 is 15.9 Å². The van der Waals surface area contributed by atoms with E-state index in [1.165, 1.54) is 0 Å². The van der Waals surface area contributed by atoms with Gasteiger partial charge in [0.05, 0.1) is 5.41 Å². The smallest absolute Gasteiger partial charge is 0.225 e. The van der Waals surface area contributed by atoms with E-state index >= 15 is 0 Å². The number of primary amides is 1. The van der Waals surface area contributed by atoms with Gasteiger partial charge in [-0.15, -0.1) is 0 Å². The third-order valence-electron chi connectivity index (χ3n) is 2.73. The number of carbonyl (C=O) groups is 2. The van der Waals surface area contributed by atoms with Gasteiger partial charge in [0.25, 0.3) is 0 Å². The van der Waals surface area contributed by atoms with E-state index in [0.717, 1.165) is 0 Å². The van der Waals surface area contributed by atoms with Crippen LogP contribution in [0.3, 0.4) is 0 Å². The molecule has 0 aromatic heterocycles. The molecule has 0 spiro atoms. The lowest BCUT2D eigenvalue weighted by molar-refractivity contribution is -0.131. The fourth-order valence-corrected chi connectivity index (χ4v) is 1.95. The molecule has 1 rings (SSSR count). The number of hydrogen-bond donors (Lipinski definition) is 1. The van der Waals surface area contributed by atoms with Crippen LogP contribution in [0.4, 0.5) is 0 Å². The third-order valence-corrected chi connectivity index (χ3v) is 3.13. The lowest BCUT2D eigenvalue weighted by Crippen LogP contribution is -2.38. The summed E-state index contributed by atoms with van der Waals surface area (Å²) in [5.74, 6) is -0.224. The zero-order valence-electron chi connectivity index (χ0n) is 8.25. The summed E-state index contributed by atoms with van der Waals surface area (Å²) >= 11 is 3.22. The van der Waals surface area contributed by atoms with E-state index in [2.05, 4.69) is 15.9 Å². The molecule has 2 amide bonds. The third kappa shape index (κ3) is 2.26. The summed E-state index contributed by atoms with van der Waals surface area (Å²) in [6, 6.07) is 0. The van der Waals surface area contributed by atoms with Gasteiger partial charge in [-0.3, -0.25) is 9.59 Å². The van der Waals surface area contributed by atoms with Crippen molar-refractivity contribution in [2.75, 3.05) is 18.4 Å². The Labute approximate surface area is 91.9 Å². The number of likely N-dealkylation sites (tertiary alicyclic amines) is 1. The maximum absolute atomic E-state index is 11.5. The molecular formula is C9H15BrN2O2. The first-order valence-corrected chi connectivity index (χ1v) is 5.75. The van der Waals surface area contributed by atoms with E-state index < -0.39 is 5.41 Å². The highest BCUT2D eigenvalue weighted by molar-refractivity contribution is 9.09. The minimum Gasteiger partial charge on any atom is -0.369 e. The number of hydrogen-bond acceptors (Lipinski definition) is 2. The van der Waals surface area contributed by atoms with Crippen LogP contribution in [0.2, 0.25) is 0 Å². The highest BCUT2D eigenvalue weighted by Crippen LogP contribution is 2.29. The molecule has 0 saturated carbocycles. The lowest BCUT2D eigenvalue weighted by atomic mass is 9.89. The van der Waals surface area contributed by atoms with E-state index in [4.69, 9.17) is 5.73 Å². The number of rotatable bonds is 3. The number of halogens is 1. The maximum atomic E-state index is 11.5. The molecule has 4 nitrogen and oxygen atoms in total. The van der Waals surface area contributed by atoms with Crippen molar-refractivity contribution in [3.05, 3.63) is 0 Å². The van der Waals surface area contributed by atoms with Crippen LogP contribution in [0.5, 0.6) is 0 Å². The van der Waals surface area contributed by atoms with Crippen molar-refractivity contribution in [1.29, 1.82) is 0 Å². The van der Waals surface area contributed by atoms with E-state index in [0.29, 0.717) is 31.3 Å². The highest BCUT2D eigenvalue weighted by Gasteiger charge is 2.40. The van der Waals surface area contributed by atoms with Crippen LogP contribution in [0.1, 0.15) is 19.8 Å². The molecule has 1 heterocycles. The molecule has 0 bridgehead atoms. The summed E-state index contributed by atoms with van der Waals surface area (Å²) in [6.07, 6.45) is 1.16. The molecule has 0 radical (unpaired) electrons. The minimum absolute atomic E-state index is 0.0897. The van der Waals surface area contributed by atoms with Gasteiger partial charge >= 0.3 is 0 Å². The molecule has 1 aliphatic heterocycles. The summed E-state index contributed by atoms with van der Waals surface area (Å²) < 4.78 is 0. The maximum Gasteiger partial charge on any atom is 0.225 e. The second-order valence-electron chi connectivity index (χ2n) is 3.93. The number of alkyl halides is 1. The van der Waals surface area contributed by atoms with Crippen molar-refractivity contribution in [3.8, 4) is 0 Å². The first kappa shape index (κ1) is 11.5. The van der Waals surface area contributed by atoms with Crippen molar-refractivity contribution in [1.82, 2.24) is 4.90 Å². The number of amides is 2. The quantitative estimate of drug-likeness (QED) is 0.753. The van der Waals surface area contributed by atoms with Crippen molar-refractivity contribution >= 4 is 27.7 Å². The Morgan fingerprint density at radius 1 is 1.57 bits per heavy atom. The van der Waals surface area contributed by atoms with Crippen molar-refractivity contribution < 1.29 is 9.59 Å². The first-order valence-electron chi connectivity index (χ1n) is 4.63. The Hall–Kier alpha value is -0.580. The molecule has 0 aromatic rings. The SMILES string of the molecule is CC1(C(N)=O)CCN(C(=O)CCBr)C1. The molecule has 80 valence electrons. The molecule has 1 saturated heterocycles. The predicted molar refractivity (Wildman–Crippen MR) is 56.9 cm³/mol. The van der Waals surface area contributed by atoms with Gasteiger partial charge in [0.2, 0.25) is 11.8 Å². The number of nitrogens with two attached hydrogens (primary N) is 1. The van der Waals surface area contributed by atoms with Gasteiger partial charge in [-0.2, -0.15) is 0 Å². The van der Waals surface area contributed by atoms with Crippen LogP contribution < -0.4 is 5.73 Å². The topological polar surface area (TPSA) is 63.4 Å². The molecule has 0 aliphatic carbocycles. The second kappa shape index (κ2) is 4.29. The Morgan fingerprint density at radius 3 is 2.64 bits per heavy atom. The van der Waals surface area contributed by atoms with Crippen LogP contribution in [0.15, 0.2) is 0 Å². The van der Waals surface area contributed by atoms with Crippen molar-refractivity contribution in [2.24, 2.45) is 11.1 Å². The summed E-state index contributed by atoms with van der Waals surface area (Å²) in [5, 5.41) is 0.662. The zero-order valence-corrected chi connectivity index (χ0v) is 9.84. The molecule has 0 aromatic carbocycles. The standard InChI is InChI=1S/C9H15BrN2O2/c1-9(8(11)14)3-5-12(6-9)7(13)2-4-10/h2-6H2,1H3,(H2,11,14). The van der Waals surface area contributed by atoms with Gasteiger partial charge in [-0.1, -0.05) is 15.9 Å². The fourth-order valence-electron chi connectivity index (χ4n) is 1.61. The fraction of sp³-hybridized carbons (Fsp3) is 0.778. The normalized spacial score (nSPS) is 26.6. The molecule has 14 heavy (non-hydrogen) atoms. The predicted octanol–water partition coefficient (Wildman–Crippen LogP) is 0.495. The molecule has 1 atom stereocenters. The van der Waals surface area contributed by atoms with Crippen molar-refractivity contribution in [3.63, 3.8) is 0 Å². The number of nitrogens with zero attached hydrogens (tertiary/aromatic N) is 1. The molecule has 1 aliphatic rings. The summed E-state index contributed by atoms with van der Waals surface area (Å²) in [6.45, 7) is 2.93. The molecule has 5 heteroatoms. The van der Waals surface area contributed by atoms with Crippen molar-refractivity contribution in [2.45, 2.75) is 19.8 Å². The summed E-state index contributed by atoms with van der Waals surface area (Å²) in [7, 11) is 0. The largest absolute Gasteiger partial charge is 0.369 e. The molecule has 1 fully saturated rings. The first-order chi connectivity index (χ1) is 6.49. The van der Waals surface area contributed by atoms with Crippen LogP contribution in [0, 0.1) is 5.41 Å². The highest BCUT2D eigenvalue weighted by atomic mass is 79.9. The zero-order chi connectivity index (χ0) is 10.8. The average Bonchev–Trinajstić information content (AvgIpc) is 2.50. The van der Waals surface area contributed by atoms with Gasteiger partial charge in [0.15, 0.2) is 0 Å². The van der Waals surface area contributed by atoms with Crippen LogP contribution in [0.25, 0.3) is 0 Å². The minimum atomic E-state index is -0.526. The van der Waals surface area contributed by atoms with Gasteiger partial charge in [-0.25, -0.2) is 0 Å². The van der Waals surface area contributed by atoms with E-state index in [9.17, 15) is 9.59 Å². The van der Waals surface area contributed by atoms with E-state index in [1.807, 2.05) is 6.92 Å². The molecular weight excluding hydrogens is 248 g/mol. The average molecular weight is 263 g/mol. The number of carbonyl (C=O) groups excluding carboxylic acids is 2. The summed E-state index contributed by atoms with van der Waals surface area (Å²) in [5.41, 5.74) is 4.76. The van der Waals surface area contributed by atoms with Gasteiger partial charge in [0, 0.05) is 24.8 Å². The van der Waals surface area contributed by atoms with Crippen LogP contribution in [-0.2, 0) is 9.59 Å². The van der Waals surface area contributed by atoms with Crippen LogP contribution in [-0.4, -0.2) is 35.1 Å². The second-order valence-corrected chi connectivity index (χ2v) is 4.72. The van der Waals surface area contributed by atoms with E-state index in [-0.39, 0.29) is 11.8 Å². The summed E-state index contributed by atoms with van der Waals surface area (Å²) in [4.78, 5) is 24.3. The molecule has 1 unspecified atom stereocenters. The van der Waals surface area contributed by atoms with E-state index in [1.54, 1.807) is 4.90 Å². The Bertz CT molecular complexity index is 257. The lowest BCUT2D eigenvalue weighted by Gasteiger charge is -2.20. The monoisotopic (exact) mass is 262 g/mol.